The summed E-state index contributed by atoms with van der Waals surface area (Å²) >= 11 is 0. The lowest BCUT2D eigenvalue weighted by molar-refractivity contribution is -0.384. The highest BCUT2D eigenvalue weighted by Crippen LogP contribution is 2.38. The molecule has 2 fully saturated rings. The Hall–Kier alpha value is -1.65. The summed E-state index contributed by atoms with van der Waals surface area (Å²) in [4.78, 5) is 17.1. The molecule has 1 aromatic heterocycles. The second kappa shape index (κ2) is 5.15. The van der Waals surface area contributed by atoms with Gasteiger partial charge in [-0.2, -0.15) is 0 Å². The predicted octanol–water partition coefficient (Wildman–Crippen LogP) is 3.01. The molecule has 0 unspecified atom stereocenters. The van der Waals surface area contributed by atoms with Crippen molar-refractivity contribution in [2.75, 3.05) is 18.0 Å². The molecule has 0 bridgehead atoms. The van der Waals surface area contributed by atoms with Gasteiger partial charge in [-0.1, -0.05) is 19.3 Å². The number of nitrogens with zero attached hydrogens (tertiary/aromatic N) is 3. The molecule has 1 aliphatic carbocycles. The summed E-state index contributed by atoms with van der Waals surface area (Å²) in [5.74, 6) is 2.08. The molecule has 19 heavy (non-hydrogen) atoms. The average molecular weight is 261 g/mol. The van der Waals surface area contributed by atoms with E-state index >= 15 is 0 Å². The molecule has 0 N–H and O–H groups in total. The van der Waals surface area contributed by atoms with E-state index in [0.29, 0.717) is 11.7 Å². The Morgan fingerprint density at radius 2 is 2.05 bits per heavy atom. The summed E-state index contributed by atoms with van der Waals surface area (Å²) in [5.41, 5.74) is 0.136. The molecule has 3 rings (SSSR count). The fourth-order valence-electron chi connectivity index (χ4n) is 3.57. The first kappa shape index (κ1) is 12.4. The van der Waals surface area contributed by atoms with Crippen LogP contribution in [0.15, 0.2) is 18.3 Å². The van der Waals surface area contributed by atoms with Crippen LogP contribution < -0.4 is 4.90 Å². The Morgan fingerprint density at radius 3 is 2.84 bits per heavy atom. The molecule has 1 saturated heterocycles. The van der Waals surface area contributed by atoms with Crippen LogP contribution in [0.4, 0.5) is 11.5 Å². The van der Waals surface area contributed by atoms with Gasteiger partial charge in [0, 0.05) is 25.4 Å². The predicted molar refractivity (Wildman–Crippen MR) is 73.2 cm³/mol. The van der Waals surface area contributed by atoms with Gasteiger partial charge in [0.1, 0.15) is 0 Å². The van der Waals surface area contributed by atoms with Crippen molar-refractivity contribution in [3.8, 4) is 0 Å². The number of rotatable bonds is 2. The SMILES string of the molecule is O=[N+]([O-])c1cccnc1N1CC[C@@H]2CCCC[C@H]2C1. The number of aromatic nitrogens is 1. The van der Waals surface area contributed by atoms with E-state index in [-0.39, 0.29) is 10.6 Å². The molecule has 2 aliphatic rings. The second-order valence-corrected chi connectivity index (χ2v) is 5.64. The van der Waals surface area contributed by atoms with E-state index in [4.69, 9.17) is 0 Å². The first-order valence-electron chi connectivity index (χ1n) is 7.10. The van der Waals surface area contributed by atoms with E-state index in [1.807, 2.05) is 0 Å². The Bertz CT molecular complexity index is 478. The van der Waals surface area contributed by atoms with Crippen molar-refractivity contribution in [1.82, 2.24) is 4.98 Å². The van der Waals surface area contributed by atoms with Crippen LogP contribution in [0.3, 0.4) is 0 Å². The molecule has 1 aliphatic heterocycles. The lowest BCUT2D eigenvalue weighted by Gasteiger charge is -2.41. The van der Waals surface area contributed by atoms with Crippen LogP contribution in [0.25, 0.3) is 0 Å². The van der Waals surface area contributed by atoms with Crippen molar-refractivity contribution in [1.29, 1.82) is 0 Å². The average Bonchev–Trinajstić information content (AvgIpc) is 2.46. The third kappa shape index (κ3) is 2.41. The van der Waals surface area contributed by atoms with Crippen molar-refractivity contribution >= 4 is 11.5 Å². The summed E-state index contributed by atoms with van der Waals surface area (Å²) in [6.07, 6.45) is 8.06. The molecular weight excluding hydrogens is 242 g/mol. The van der Waals surface area contributed by atoms with E-state index in [9.17, 15) is 10.1 Å². The Balaban J connectivity index is 1.81. The number of piperidine rings is 1. The minimum Gasteiger partial charge on any atom is -0.351 e. The molecular formula is C14H19N3O2. The zero-order valence-corrected chi connectivity index (χ0v) is 11.0. The minimum absolute atomic E-state index is 0.136. The zero-order chi connectivity index (χ0) is 13.2. The maximum atomic E-state index is 11.1. The standard InChI is InChI=1S/C14H19N3O2/c18-17(19)13-6-3-8-15-14(13)16-9-7-11-4-1-2-5-12(11)10-16/h3,6,8,11-12H,1-2,4-5,7,9-10H2/t11-,12-/m0/s1. The first-order chi connectivity index (χ1) is 9.25. The molecule has 102 valence electrons. The lowest BCUT2D eigenvalue weighted by atomic mass is 9.75. The van der Waals surface area contributed by atoms with Gasteiger partial charge in [-0.05, 0) is 30.7 Å². The van der Waals surface area contributed by atoms with Crippen LogP contribution in [-0.2, 0) is 0 Å². The quantitative estimate of drug-likeness (QED) is 0.606. The van der Waals surface area contributed by atoms with Crippen molar-refractivity contribution in [3.05, 3.63) is 28.4 Å². The molecule has 1 saturated carbocycles. The Kier molecular flexibility index (Phi) is 3.36. The molecule has 5 heteroatoms. The largest absolute Gasteiger partial charge is 0.351 e. The third-order valence-corrected chi connectivity index (χ3v) is 4.55. The van der Waals surface area contributed by atoms with E-state index in [0.717, 1.165) is 25.4 Å². The maximum absolute atomic E-state index is 11.1. The minimum atomic E-state index is -0.324. The highest BCUT2D eigenvalue weighted by atomic mass is 16.6. The van der Waals surface area contributed by atoms with E-state index < -0.39 is 0 Å². The van der Waals surface area contributed by atoms with Crippen LogP contribution in [-0.4, -0.2) is 23.0 Å². The smallest absolute Gasteiger partial charge is 0.311 e. The van der Waals surface area contributed by atoms with Crippen LogP contribution in [0, 0.1) is 22.0 Å². The number of hydrogen-bond acceptors (Lipinski definition) is 4. The summed E-state index contributed by atoms with van der Waals surface area (Å²) in [7, 11) is 0. The van der Waals surface area contributed by atoms with Gasteiger partial charge >= 0.3 is 5.69 Å². The van der Waals surface area contributed by atoms with E-state index in [2.05, 4.69) is 9.88 Å². The highest BCUT2D eigenvalue weighted by molar-refractivity contribution is 5.57. The Labute approximate surface area is 112 Å². The number of hydrogen-bond donors (Lipinski definition) is 0. The number of fused-ring (bicyclic) bond motifs is 1. The zero-order valence-electron chi connectivity index (χ0n) is 11.0. The van der Waals surface area contributed by atoms with Gasteiger partial charge in [0.05, 0.1) is 4.92 Å². The highest BCUT2D eigenvalue weighted by Gasteiger charge is 2.33. The molecule has 0 aromatic carbocycles. The molecule has 0 amide bonds. The second-order valence-electron chi connectivity index (χ2n) is 5.64. The van der Waals surface area contributed by atoms with Crippen molar-refractivity contribution in [2.24, 2.45) is 11.8 Å². The van der Waals surface area contributed by atoms with E-state index in [1.165, 1.54) is 25.7 Å². The maximum Gasteiger partial charge on any atom is 0.311 e. The van der Waals surface area contributed by atoms with Crippen LogP contribution >= 0.6 is 0 Å². The molecule has 1 aromatic rings. The summed E-state index contributed by atoms with van der Waals surface area (Å²) in [6.45, 7) is 1.83. The van der Waals surface area contributed by atoms with Gasteiger partial charge in [0.2, 0.25) is 5.82 Å². The van der Waals surface area contributed by atoms with Crippen LogP contribution in [0.5, 0.6) is 0 Å². The summed E-state index contributed by atoms with van der Waals surface area (Å²) in [5, 5.41) is 11.1. The Morgan fingerprint density at radius 1 is 1.26 bits per heavy atom. The molecule has 5 nitrogen and oxygen atoms in total. The number of anilines is 1. The molecule has 2 atom stereocenters. The van der Waals surface area contributed by atoms with Gasteiger partial charge < -0.3 is 4.90 Å². The van der Waals surface area contributed by atoms with Gasteiger partial charge in [-0.15, -0.1) is 0 Å². The van der Waals surface area contributed by atoms with Crippen LogP contribution in [0.2, 0.25) is 0 Å². The molecule has 2 heterocycles. The number of pyridine rings is 1. The fourth-order valence-corrected chi connectivity index (χ4v) is 3.57. The summed E-state index contributed by atoms with van der Waals surface area (Å²) < 4.78 is 0. The topological polar surface area (TPSA) is 59.3 Å². The monoisotopic (exact) mass is 261 g/mol. The van der Waals surface area contributed by atoms with Crippen molar-refractivity contribution in [3.63, 3.8) is 0 Å². The fraction of sp³-hybridized carbons (Fsp3) is 0.643. The van der Waals surface area contributed by atoms with Gasteiger partial charge in [-0.25, -0.2) is 4.98 Å². The van der Waals surface area contributed by atoms with Gasteiger partial charge in [-0.3, -0.25) is 10.1 Å². The first-order valence-corrected chi connectivity index (χ1v) is 7.10. The third-order valence-electron chi connectivity index (χ3n) is 4.55. The van der Waals surface area contributed by atoms with Crippen LogP contribution in [0.1, 0.15) is 32.1 Å². The molecule has 0 radical (unpaired) electrons. The van der Waals surface area contributed by atoms with Crippen molar-refractivity contribution in [2.45, 2.75) is 32.1 Å². The van der Waals surface area contributed by atoms with Gasteiger partial charge in [0.25, 0.3) is 0 Å². The number of nitro groups is 1. The summed E-state index contributed by atoms with van der Waals surface area (Å²) in [6, 6.07) is 3.18. The van der Waals surface area contributed by atoms with Gasteiger partial charge in [0.15, 0.2) is 0 Å². The normalized spacial score (nSPS) is 26.8. The molecule has 0 spiro atoms. The lowest BCUT2D eigenvalue weighted by Crippen LogP contribution is -2.42. The van der Waals surface area contributed by atoms with Crippen molar-refractivity contribution < 1.29 is 4.92 Å². The van der Waals surface area contributed by atoms with E-state index in [1.54, 1.807) is 18.3 Å².